The highest BCUT2D eigenvalue weighted by Gasteiger charge is 2.27. The van der Waals surface area contributed by atoms with Crippen molar-refractivity contribution in [3.05, 3.63) is 47.0 Å². The van der Waals surface area contributed by atoms with Gasteiger partial charge in [-0.15, -0.1) is 0 Å². The summed E-state index contributed by atoms with van der Waals surface area (Å²) in [5.41, 5.74) is 1.57. The Morgan fingerprint density at radius 3 is 2.97 bits per heavy atom. The first-order valence-electron chi connectivity index (χ1n) is 9.38. The summed E-state index contributed by atoms with van der Waals surface area (Å²) in [5.74, 6) is -0.146. The number of aliphatic carboxylic acids is 1. The van der Waals surface area contributed by atoms with Crippen LogP contribution >= 0.6 is 23.2 Å². The first-order chi connectivity index (χ1) is 14.0. The summed E-state index contributed by atoms with van der Waals surface area (Å²) in [6.07, 6.45) is 8.11. The van der Waals surface area contributed by atoms with Crippen LogP contribution < -0.4 is 4.90 Å². The molecule has 7 nitrogen and oxygen atoms in total. The van der Waals surface area contributed by atoms with E-state index in [1.54, 1.807) is 18.6 Å². The number of imidazole rings is 1. The second-order valence-corrected chi connectivity index (χ2v) is 7.74. The molecule has 152 valence electrons. The van der Waals surface area contributed by atoms with E-state index in [2.05, 4.69) is 9.88 Å². The maximum absolute atomic E-state index is 10.6. The van der Waals surface area contributed by atoms with Crippen LogP contribution in [0.25, 0.3) is 16.6 Å². The van der Waals surface area contributed by atoms with Gasteiger partial charge in [0.1, 0.15) is 12.4 Å². The average Bonchev–Trinajstić information content (AvgIpc) is 3.39. The van der Waals surface area contributed by atoms with Crippen LogP contribution in [0.3, 0.4) is 0 Å². The molecule has 0 saturated carbocycles. The molecule has 3 heterocycles. The Morgan fingerprint density at radius 1 is 1.34 bits per heavy atom. The van der Waals surface area contributed by atoms with Crippen LogP contribution in [0.4, 0.5) is 5.82 Å². The summed E-state index contributed by atoms with van der Waals surface area (Å²) in [6.45, 7) is 0.978. The van der Waals surface area contributed by atoms with Crippen molar-refractivity contribution in [1.29, 1.82) is 0 Å². The lowest BCUT2D eigenvalue weighted by Gasteiger charge is -2.27. The number of aromatic nitrogens is 3. The van der Waals surface area contributed by atoms with Crippen LogP contribution in [0.2, 0.25) is 10.0 Å². The Kier molecular flexibility index (Phi) is 5.89. The molecule has 1 aromatic carbocycles. The van der Waals surface area contributed by atoms with E-state index < -0.39 is 5.97 Å². The molecule has 1 saturated heterocycles. The van der Waals surface area contributed by atoms with Crippen LogP contribution in [0, 0.1) is 0 Å². The van der Waals surface area contributed by atoms with Crippen LogP contribution in [-0.4, -0.2) is 51.4 Å². The minimum absolute atomic E-state index is 0.224. The number of carboxylic acids is 1. The lowest BCUT2D eigenvalue weighted by atomic mass is 10.1. The zero-order chi connectivity index (χ0) is 20.4. The average molecular weight is 435 g/mol. The molecule has 0 spiro atoms. The molecule has 1 atom stereocenters. The lowest BCUT2D eigenvalue weighted by Crippen LogP contribution is -2.31. The molecule has 2 aromatic heterocycles. The normalized spacial score (nSPS) is 16.6. The molecule has 9 heteroatoms. The monoisotopic (exact) mass is 434 g/mol. The van der Waals surface area contributed by atoms with Crippen molar-refractivity contribution in [2.24, 2.45) is 0 Å². The molecule has 0 amide bonds. The molecule has 1 fully saturated rings. The van der Waals surface area contributed by atoms with Gasteiger partial charge in [0.05, 0.1) is 27.6 Å². The quantitative estimate of drug-likeness (QED) is 0.561. The van der Waals surface area contributed by atoms with E-state index in [0.29, 0.717) is 22.2 Å². The van der Waals surface area contributed by atoms with E-state index in [0.717, 1.165) is 42.7 Å². The molecule has 0 aliphatic carbocycles. The molecular formula is C20H20Cl2N4O3. The Hall–Kier alpha value is -2.35. The fourth-order valence-corrected chi connectivity index (χ4v) is 4.14. The van der Waals surface area contributed by atoms with Crippen LogP contribution in [-0.2, 0) is 9.53 Å². The van der Waals surface area contributed by atoms with Gasteiger partial charge in [0.25, 0.3) is 0 Å². The number of benzene rings is 1. The molecule has 1 aliphatic rings. The van der Waals surface area contributed by atoms with Crippen molar-refractivity contribution < 1.29 is 14.6 Å². The minimum Gasteiger partial charge on any atom is -0.480 e. The molecular weight excluding hydrogens is 415 g/mol. The molecule has 1 aliphatic heterocycles. The Bertz CT molecular complexity index is 1030. The van der Waals surface area contributed by atoms with E-state index in [4.69, 9.17) is 38.0 Å². The highest BCUT2D eigenvalue weighted by molar-refractivity contribution is 6.45. The fourth-order valence-electron chi connectivity index (χ4n) is 3.78. The number of nitrogens with zero attached hydrogens (tertiary/aromatic N) is 4. The first kappa shape index (κ1) is 19.9. The number of anilines is 1. The van der Waals surface area contributed by atoms with Gasteiger partial charge >= 0.3 is 5.97 Å². The van der Waals surface area contributed by atoms with Crippen molar-refractivity contribution in [2.45, 2.75) is 25.3 Å². The third-order valence-corrected chi connectivity index (χ3v) is 5.91. The van der Waals surface area contributed by atoms with E-state index >= 15 is 0 Å². The van der Waals surface area contributed by atoms with Crippen molar-refractivity contribution >= 4 is 45.9 Å². The standard InChI is InChI=1S/C20H20Cl2N4O3/c21-15-4-3-14-16(25-8-6-23-12-25)10-17(24-20(14)19(15)22)26-7-1-2-13(26)5-9-29-11-18(27)28/h3-4,6,8,10,12-13H,1-2,5,7,9,11H2,(H,27,28). The second-order valence-electron chi connectivity index (χ2n) is 6.95. The molecule has 29 heavy (non-hydrogen) atoms. The molecule has 4 rings (SSSR count). The van der Waals surface area contributed by atoms with Gasteiger partial charge in [-0.3, -0.25) is 0 Å². The molecule has 3 aromatic rings. The van der Waals surface area contributed by atoms with Gasteiger partial charge in [-0.1, -0.05) is 23.2 Å². The highest BCUT2D eigenvalue weighted by atomic mass is 35.5. The van der Waals surface area contributed by atoms with Crippen molar-refractivity contribution in [1.82, 2.24) is 14.5 Å². The summed E-state index contributed by atoms with van der Waals surface area (Å²) in [7, 11) is 0. The second kappa shape index (κ2) is 8.57. The number of fused-ring (bicyclic) bond motifs is 1. The number of carbonyl (C=O) groups is 1. The maximum atomic E-state index is 10.6. The molecule has 0 radical (unpaired) electrons. The van der Waals surface area contributed by atoms with E-state index in [-0.39, 0.29) is 12.6 Å². The van der Waals surface area contributed by atoms with Crippen molar-refractivity contribution in [2.75, 3.05) is 24.7 Å². The summed E-state index contributed by atoms with van der Waals surface area (Å²) in [6, 6.07) is 5.94. The van der Waals surface area contributed by atoms with Gasteiger partial charge in [0.2, 0.25) is 0 Å². The number of halogens is 2. The van der Waals surface area contributed by atoms with Gasteiger partial charge in [-0.25, -0.2) is 14.8 Å². The molecule has 0 bridgehead atoms. The number of hydrogen-bond donors (Lipinski definition) is 1. The van der Waals surface area contributed by atoms with Gasteiger partial charge in [0, 0.05) is 43.0 Å². The van der Waals surface area contributed by atoms with Gasteiger partial charge in [-0.2, -0.15) is 0 Å². The lowest BCUT2D eigenvalue weighted by molar-refractivity contribution is -0.142. The zero-order valence-corrected chi connectivity index (χ0v) is 17.1. The summed E-state index contributed by atoms with van der Waals surface area (Å²) in [4.78, 5) is 21.9. The third kappa shape index (κ3) is 4.17. The number of pyridine rings is 1. The third-order valence-electron chi connectivity index (χ3n) is 5.11. The summed E-state index contributed by atoms with van der Waals surface area (Å²) >= 11 is 12.7. The van der Waals surface area contributed by atoms with Gasteiger partial charge in [-0.05, 0) is 31.4 Å². The van der Waals surface area contributed by atoms with E-state index in [1.807, 2.05) is 22.9 Å². The van der Waals surface area contributed by atoms with Gasteiger partial charge < -0.3 is 19.3 Å². The molecule has 1 unspecified atom stereocenters. The summed E-state index contributed by atoms with van der Waals surface area (Å²) in [5, 5.41) is 10.5. The SMILES string of the molecule is O=C(O)COCCC1CCCN1c1cc(-n2ccnc2)c2ccc(Cl)c(Cl)c2n1. The minimum atomic E-state index is -0.957. The van der Waals surface area contributed by atoms with Crippen molar-refractivity contribution in [3.8, 4) is 5.69 Å². The van der Waals surface area contributed by atoms with Crippen molar-refractivity contribution in [3.63, 3.8) is 0 Å². The fraction of sp³-hybridized carbons (Fsp3) is 0.350. The largest absolute Gasteiger partial charge is 0.480 e. The molecule has 1 N–H and O–H groups in total. The number of hydrogen-bond acceptors (Lipinski definition) is 5. The Morgan fingerprint density at radius 2 is 2.21 bits per heavy atom. The summed E-state index contributed by atoms with van der Waals surface area (Å²) < 4.78 is 7.16. The number of carboxylic acid groups (broad SMARTS) is 1. The van der Waals surface area contributed by atoms with E-state index in [1.165, 1.54) is 0 Å². The number of ether oxygens (including phenoxy) is 1. The zero-order valence-electron chi connectivity index (χ0n) is 15.6. The first-order valence-corrected chi connectivity index (χ1v) is 10.1. The Labute approximate surface area is 177 Å². The van der Waals surface area contributed by atoms with Crippen LogP contribution in [0.1, 0.15) is 19.3 Å². The predicted molar refractivity (Wildman–Crippen MR) is 112 cm³/mol. The number of rotatable bonds is 7. The van der Waals surface area contributed by atoms with Crippen LogP contribution in [0.5, 0.6) is 0 Å². The van der Waals surface area contributed by atoms with E-state index in [9.17, 15) is 4.79 Å². The Balaban J connectivity index is 1.69. The van der Waals surface area contributed by atoms with Gasteiger partial charge in [0.15, 0.2) is 0 Å². The maximum Gasteiger partial charge on any atom is 0.329 e. The predicted octanol–water partition coefficient (Wildman–Crippen LogP) is 4.19. The highest BCUT2D eigenvalue weighted by Crippen LogP contribution is 2.36. The topological polar surface area (TPSA) is 80.5 Å². The smallest absolute Gasteiger partial charge is 0.329 e. The van der Waals surface area contributed by atoms with Crippen LogP contribution in [0.15, 0.2) is 36.9 Å².